The summed E-state index contributed by atoms with van der Waals surface area (Å²) < 4.78 is 22.0. The number of unbranched alkanes of at least 4 members (excludes halogenated alkanes) is 3. The van der Waals surface area contributed by atoms with Crippen molar-refractivity contribution in [2.24, 2.45) is 11.8 Å². The minimum atomic E-state index is -0.456. The van der Waals surface area contributed by atoms with E-state index in [0.717, 1.165) is 55.6 Å². The van der Waals surface area contributed by atoms with Gasteiger partial charge < -0.3 is 18.9 Å². The van der Waals surface area contributed by atoms with Gasteiger partial charge in [0.15, 0.2) is 0 Å². The number of aryl methyl sites for hydroxylation is 1. The molecule has 0 aliphatic heterocycles. The predicted octanol–water partition coefficient (Wildman–Crippen LogP) is 8.44. The van der Waals surface area contributed by atoms with E-state index in [1.165, 1.54) is 31.8 Å². The number of benzene rings is 2. The van der Waals surface area contributed by atoms with E-state index in [9.17, 15) is 14.4 Å². The number of carbonyl (C=O) groups is 3. The lowest BCUT2D eigenvalue weighted by Crippen LogP contribution is -2.20. The summed E-state index contributed by atoms with van der Waals surface area (Å²) in [4.78, 5) is 36.3. The van der Waals surface area contributed by atoms with Crippen LogP contribution in [0.3, 0.4) is 0 Å². The molecule has 1 aliphatic rings. The molecule has 1 aliphatic carbocycles. The highest BCUT2D eigenvalue weighted by molar-refractivity contribution is 5.91. The molecule has 7 nitrogen and oxygen atoms in total. The van der Waals surface area contributed by atoms with E-state index in [-0.39, 0.29) is 11.9 Å². The Balaban J connectivity index is 1.35. The fourth-order valence-electron chi connectivity index (χ4n) is 5.28. The first-order chi connectivity index (χ1) is 21.2. The van der Waals surface area contributed by atoms with Gasteiger partial charge in [-0.1, -0.05) is 45.3 Å². The summed E-state index contributed by atoms with van der Waals surface area (Å²) in [6.45, 7) is 10.7. The van der Waals surface area contributed by atoms with Crippen LogP contribution in [-0.2, 0) is 19.1 Å². The van der Waals surface area contributed by atoms with Crippen LogP contribution in [0.5, 0.6) is 11.5 Å². The largest absolute Gasteiger partial charge is 0.494 e. The van der Waals surface area contributed by atoms with Crippen molar-refractivity contribution in [3.05, 3.63) is 77.4 Å². The molecule has 0 aromatic heterocycles. The summed E-state index contributed by atoms with van der Waals surface area (Å²) in [6.07, 6.45) is 14.1. The van der Waals surface area contributed by atoms with E-state index in [2.05, 4.69) is 13.5 Å². The number of carbonyl (C=O) groups excluding carboxylic acids is 3. The summed E-state index contributed by atoms with van der Waals surface area (Å²) in [5, 5.41) is 0. The van der Waals surface area contributed by atoms with E-state index in [1.54, 1.807) is 49.4 Å². The second kappa shape index (κ2) is 18.7. The van der Waals surface area contributed by atoms with E-state index in [0.29, 0.717) is 48.4 Å². The summed E-state index contributed by atoms with van der Waals surface area (Å²) in [7, 11) is 0. The zero-order valence-corrected chi connectivity index (χ0v) is 26.6. The average molecular weight is 605 g/mol. The molecule has 2 aromatic carbocycles. The molecule has 1 fully saturated rings. The maximum atomic E-state index is 12.7. The van der Waals surface area contributed by atoms with Crippen molar-refractivity contribution in [1.82, 2.24) is 0 Å². The maximum absolute atomic E-state index is 12.7. The van der Waals surface area contributed by atoms with Crippen molar-refractivity contribution in [3.8, 4) is 11.5 Å². The van der Waals surface area contributed by atoms with Crippen molar-refractivity contribution in [2.75, 3.05) is 19.8 Å². The summed E-state index contributed by atoms with van der Waals surface area (Å²) in [5.74, 6) is 1.31. The van der Waals surface area contributed by atoms with Gasteiger partial charge in [0.2, 0.25) is 0 Å². The molecule has 0 heterocycles. The Hall–Kier alpha value is -3.87. The van der Waals surface area contributed by atoms with Crippen molar-refractivity contribution in [1.29, 1.82) is 0 Å². The molecule has 0 bridgehead atoms. The Morgan fingerprint density at radius 1 is 0.886 bits per heavy atom. The van der Waals surface area contributed by atoms with E-state index >= 15 is 0 Å². The van der Waals surface area contributed by atoms with Crippen LogP contribution in [-0.4, -0.2) is 37.7 Å². The first kappa shape index (κ1) is 34.6. The number of rotatable bonds is 17. The van der Waals surface area contributed by atoms with E-state index in [4.69, 9.17) is 18.9 Å². The third-order valence-corrected chi connectivity index (χ3v) is 7.92. The molecule has 0 spiro atoms. The molecular formula is C37H48O7. The van der Waals surface area contributed by atoms with Crippen LogP contribution in [0.4, 0.5) is 0 Å². The second-order valence-corrected chi connectivity index (χ2v) is 11.8. The fourth-order valence-corrected chi connectivity index (χ4v) is 5.28. The van der Waals surface area contributed by atoms with Crippen molar-refractivity contribution < 1.29 is 33.3 Å². The lowest BCUT2D eigenvalue weighted by Gasteiger charge is -2.27. The van der Waals surface area contributed by atoms with Crippen molar-refractivity contribution >= 4 is 24.0 Å². The molecule has 0 saturated heterocycles. The fraction of sp³-hybridized carbons (Fsp3) is 0.486. The van der Waals surface area contributed by atoms with Crippen LogP contribution >= 0.6 is 0 Å². The van der Waals surface area contributed by atoms with Gasteiger partial charge in [0, 0.05) is 11.6 Å². The third kappa shape index (κ3) is 12.4. The molecule has 3 rings (SSSR count). The molecule has 1 saturated carbocycles. The molecule has 0 amide bonds. The van der Waals surface area contributed by atoms with Gasteiger partial charge in [-0.05, 0) is 118 Å². The Labute approximate surface area is 262 Å². The molecule has 2 aromatic rings. The molecular weight excluding hydrogens is 556 g/mol. The van der Waals surface area contributed by atoms with Gasteiger partial charge in [0.1, 0.15) is 11.5 Å². The number of ether oxygens (including phenoxy) is 4. The van der Waals surface area contributed by atoms with Crippen LogP contribution in [0.2, 0.25) is 0 Å². The van der Waals surface area contributed by atoms with Crippen molar-refractivity contribution in [2.45, 2.75) is 85.0 Å². The predicted molar refractivity (Wildman–Crippen MR) is 173 cm³/mol. The summed E-state index contributed by atoms with van der Waals surface area (Å²) >= 11 is 0. The molecule has 238 valence electrons. The highest BCUT2D eigenvalue weighted by Crippen LogP contribution is 2.31. The number of hydrogen-bond acceptors (Lipinski definition) is 7. The van der Waals surface area contributed by atoms with Gasteiger partial charge in [-0.15, -0.1) is 0 Å². The smallest absolute Gasteiger partial charge is 0.343 e. The standard InChI is InChI=1S/C37H48O7/c1-5-10-29-11-13-31(14-12-29)26-43-35(38)22-16-30-15-21-34(28(4)25-30)44-37(40)32-17-19-33(20-18-32)41-23-8-6-7-9-24-42-36(39)27(2)3/h15-22,25,29,31H,2,5-14,23-24,26H2,1,3-4H3/b22-16+. The highest BCUT2D eigenvalue weighted by atomic mass is 16.5. The molecule has 0 unspecified atom stereocenters. The molecule has 0 radical (unpaired) electrons. The van der Waals surface area contributed by atoms with Crippen LogP contribution < -0.4 is 9.47 Å². The molecule has 0 N–H and O–H groups in total. The molecule has 7 heteroatoms. The Morgan fingerprint density at radius 3 is 2.23 bits per heavy atom. The zero-order valence-electron chi connectivity index (χ0n) is 26.6. The van der Waals surface area contributed by atoms with Gasteiger partial charge in [0.25, 0.3) is 0 Å². The first-order valence-electron chi connectivity index (χ1n) is 16.0. The normalized spacial score (nSPS) is 16.3. The number of esters is 3. The van der Waals surface area contributed by atoms with Gasteiger partial charge in [-0.2, -0.15) is 0 Å². The summed E-state index contributed by atoms with van der Waals surface area (Å²) in [6, 6.07) is 12.3. The van der Waals surface area contributed by atoms with Gasteiger partial charge in [-0.3, -0.25) is 0 Å². The minimum Gasteiger partial charge on any atom is -0.494 e. The zero-order chi connectivity index (χ0) is 31.7. The summed E-state index contributed by atoms with van der Waals surface area (Å²) in [5.41, 5.74) is 2.45. The second-order valence-electron chi connectivity index (χ2n) is 11.8. The number of hydrogen-bond donors (Lipinski definition) is 0. The third-order valence-electron chi connectivity index (χ3n) is 7.92. The Kier molecular flexibility index (Phi) is 14.7. The van der Waals surface area contributed by atoms with Crippen molar-refractivity contribution in [3.63, 3.8) is 0 Å². The van der Waals surface area contributed by atoms with Crippen LogP contribution in [0.15, 0.2) is 60.7 Å². The minimum absolute atomic E-state index is 0.333. The topological polar surface area (TPSA) is 88.1 Å². The lowest BCUT2D eigenvalue weighted by atomic mass is 9.80. The van der Waals surface area contributed by atoms with E-state index < -0.39 is 5.97 Å². The Bertz CT molecular complexity index is 1250. The average Bonchev–Trinajstić information content (AvgIpc) is 3.02. The van der Waals surface area contributed by atoms with E-state index in [1.807, 2.05) is 13.0 Å². The first-order valence-corrected chi connectivity index (χ1v) is 16.0. The van der Waals surface area contributed by atoms with Crippen LogP contribution in [0, 0.1) is 18.8 Å². The van der Waals surface area contributed by atoms with Crippen LogP contribution in [0.25, 0.3) is 6.08 Å². The monoisotopic (exact) mass is 604 g/mol. The SMILES string of the molecule is C=C(C)C(=O)OCCCCCCOc1ccc(C(=O)Oc2ccc(/C=C/C(=O)OCC3CCC(CCC)CC3)cc2C)cc1. The quantitative estimate of drug-likeness (QED) is 0.0775. The highest BCUT2D eigenvalue weighted by Gasteiger charge is 2.21. The van der Waals surface area contributed by atoms with Gasteiger partial charge >= 0.3 is 17.9 Å². The molecule has 44 heavy (non-hydrogen) atoms. The molecule has 0 atom stereocenters. The maximum Gasteiger partial charge on any atom is 0.343 e. The van der Waals surface area contributed by atoms with Gasteiger partial charge in [0.05, 0.1) is 25.4 Å². The van der Waals surface area contributed by atoms with Gasteiger partial charge in [-0.25, -0.2) is 14.4 Å². The van der Waals surface area contributed by atoms with Crippen LogP contribution in [0.1, 0.15) is 99.5 Å². The Morgan fingerprint density at radius 2 is 1.57 bits per heavy atom. The lowest BCUT2D eigenvalue weighted by molar-refractivity contribution is -0.140.